The summed E-state index contributed by atoms with van der Waals surface area (Å²) in [7, 11) is 0. The Morgan fingerprint density at radius 1 is 1.00 bits per heavy atom. The van der Waals surface area contributed by atoms with Gasteiger partial charge in [0, 0.05) is 23.6 Å². The summed E-state index contributed by atoms with van der Waals surface area (Å²) >= 11 is 6.20. The quantitative estimate of drug-likeness (QED) is 0.206. The van der Waals surface area contributed by atoms with Crippen molar-refractivity contribution in [3.63, 3.8) is 0 Å². The van der Waals surface area contributed by atoms with E-state index in [-0.39, 0.29) is 46.1 Å². The highest BCUT2D eigenvalue weighted by atomic mass is 35.5. The van der Waals surface area contributed by atoms with Crippen LogP contribution in [-0.4, -0.2) is 23.6 Å². The van der Waals surface area contributed by atoms with E-state index in [2.05, 4.69) is 52.9 Å². The van der Waals surface area contributed by atoms with Gasteiger partial charge in [-0.3, -0.25) is 9.59 Å². The molecule has 0 fully saturated rings. The lowest BCUT2D eigenvalue weighted by molar-refractivity contribution is -0.134. The zero-order chi connectivity index (χ0) is 26.6. The maximum atomic E-state index is 12.7. The van der Waals surface area contributed by atoms with E-state index in [1.54, 1.807) is 13.8 Å². The minimum absolute atomic E-state index is 0.00345. The number of phenolic OH excluding ortho intramolecular Hbond substituents is 1. The van der Waals surface area contributed by atoms with E-state index in [1.807, 2.05) is 12.1 Å². The van der Waals surface area contributed by atoms with Crippen LogP contribution in [-0.2, 0) is 20.4 Å². The van der Waals surface area contributed by atoms with Crippen LogP contribution >= 0.6 is 11.6 Å². The van der Waals surface area contributed by atoms with Gasteiger partial charge in [-0.15, -0.1) is 0 Å². The average molecular weight is 504 g/mol. The third kappa shape index (κ3) is 6.69. The molecule has 35 heavy (non-hydrogen) atoms. The lowest BCUT2D eigenvalue weighted by atomic mass is 9.76. The van der Waals surface area contributed by atoms with Gasteiger partial charge in [-0.05, 0) is 42.2 Å². The molecule has 0 saturated carbocycles. The fraction of sp³-hybridized carbons (Fsp3) is 0.500. The molecule has 0 spiro atoms. The SMILES string of the molecule is CCC(=O)Oc1cc(NC(=O)COc2ccc(C(C)(C)CC)cc2C(C)(C)CC)c(O)c(Cl)c1C. The zero-order valence-corrected chi connectivity index (χ0v) is 22.9. The number of aromatic hydroxyl groups is 1. The summed E-state index contributed by atoms with van der Waals surface area (Å²) in [5.41, 5.74) is 2.59. The van der Waals surface area contributed by atoms with E-state index in [4.69, 9.17) is 21.1 Å². The first-order valence-electron chi connectivity index (χ1n) is 12.1. The Hall–Kier alpha value is -2.73. The van der Waals surface area contributed by atoms with Crippen LogP contribution < -0.4 is 14.8 Å². The number of ether oxygens (including phenoxy) is 2. The molecule has 0 aliphatic rings. The van der Waals surface area contributed by atoms with Gasteiger partial charge in [0.25, 0.3) is 5.91 Å². The highest BCUT2D eigenvalue weighted by molar-refractivity contribution is 6.33. The van der Waals surface area contributed by atoms with Gasteiger partial charge in [0.2, 0.25) is 0 Å². The van der Waals surface area contributed by atoms with Crippen LogP contribution in [0.25, 0.3) is 0 Å². The number of hydrogen-bond acceptors (Lipinski definition) is 5. The summed E-state index contributed by atoms with van der Waals surface area (Å²) in [4.78, 5) is 24.5. The summed E-state index contributed by atoms with van der Waals surface area (Å²) in [5, 5.41) is 13.0. The molecule has 0 radical (unpaired) electrons. The molecule has 7 heteroatoms. The Labute approximate surface area is 214 Å². The second kappa shape index (κ2) is 11.3. The number of hydrogen-bond donors (Lipinski definition) is 2. The first kappa shape index (κ1) is 28.5. The van der Waals surface area contributed by atoms with Gasteiger partial charge in [0.05, 0.1) is 10.7 Å². The number of amides is 1. The van der Waals surface area contributed by atoms with Crippen LogP contribution in [0.4, 0.5) is 5.69 Å². The first-order chi connectivity index (χ1) is 16.3. The molecule has 0 atom stereocenters. The van der Waals surface area contributed by atoms with Crippen molar-refractivity contribution >= 4 is 29.2 Å². The number of esters is 1. The summed E-state index contributed by atoms with van der Waals surface area (Å²) in [6, 6.07) is 7.54. The summed E-state index contributed by atoms with van der Waals surface area (Å²) in [5.74, 6) is -0.404. The topological polar surface area (TPSA) is 84.9 Å². The molecule has 0 heterocycles. The maximum Gasteiger partial charge on any atom is 0.310 e. The fourth-order valence-corrected chi connectivity index (χ4v) is 3.63. The van der Waals surface area contributed by atoms with Gasteiger partial charge in [-0.25, -0.2) is 0 Å². The van der Waals surface area contributed by atoms with Crippen molar-refractivity contribution in [2.75, 3.05) is 11.9 Å². The molecule has 192 valence electrons. The number of carbonyl (C=O) groups excluding carboxylic acids is 2. The maximum absolute atomic E-state index is 12.7. The second-order valence-electron chi connectivity index (χ2n) is 10.1. The van der Waals surface area contributed by atoms with Crippen LogP contribution in [0.15, 0.2) is 24.3 Å². The average Bonchev–Trinajstić information content (AvgIpc) is 2.83. The smallest absolute Gasteiger partial charge is 0.310 e. The molecule has 1 amide bonds. The third-order valence-corrected chi connectivity index (χ3v) is 7.30. The molecule has 2 N–H and O–H groups in total. The largest absolute Gasteiger partial charge is 0.504 e. The van der Waals surface area contributed by atoms with Crippen molar-refractivity contribution in [2.24, 2.45) is 0 Å². The van der Waals surface area contributed by atoms with Crippen molar-refractivity contribution < 1.29 is 24.2 Å². The molecular formula is C28H38ClNO5. The fourth-order valence-electron chi connectivity index (χ4n) is 3.44. The Bertz CT molecular complexity index is 1090. The predicted molar refractivity (Wildman–Crippen MR) is 141 cm³/mol. The van der Waals surface area contributed by atoms with E-state index in [1.165, 1.54) is 11.6 Å². The van der Waals surface area contributed by atoms with Gasteiger partial charge in [0.1, 0.15) is 11.5 Å². The Morgan fingerprint density at radius 2 is 1.63 bits per heavy atom. The standard InChI is InChI=1S/C28H38ClNO5/c1-9-24(32)35-22-15-20(26(33)25(29)17(22)4)30-23(31)16-34-21-13-12-18(27(5,6)10-2)14-19(21)28(7,8)11-3/h12-15,33H,9-11,16H2,1-8H3,(H,30,31). The van der Waals surface area contributed by atoms with E-state index in [9.17, 15) is 14.7 Å². The highest BCUT2D eigenvalue weighted by Gasteiger charge is 2.27. The number of rotatable bonds is 10. The molecule has 0 aliphatic carbocycles. The molecule has 2 aromatic rings. The third-order valence-electron chi connectivity index (χ3n) is 6.84. The van der Waals surface area contributed by atoms with Crippen molar-refractivity contribution in [2.45, 2.75) is 85.5 Å². The van der Waals surface area contributed by atoms with Gasteiger partial charge >= 0.3 is 5.97 Å². The summed E-state index contributed by atoms with van der Waals surface area (Å²) in [6.07, 6.45) is 2.08. The van der Waals surface area contributed by atoms with Crippen molar-refractivity contribution in [3.8, 4) is 17.2 Å². The van der Waals surface area contributed by atoms with E-state index in [0.29, 0.717) is 11.3 Å². The van der Waals surface area contributed by atoms with E-state index >= 15 is 0 Å². The van der Waals surface area contributed by atoms with E-state index < -0.39 is 11.9 Å². The minimum Gasteiger partial charge on any atom is -0.504 e. The number of carbonyl (C=O) groups is 2. The predicted octanol–water partition coefficient (Wildman–Crippen LogP) is 7.06. The van der Waals surface area contributed by atoms with E-state index in [0.717, 1.165) is 18.4 Å². The lowest BCUT2D eigenvalue weighted by Gasteiger charge is -2.30. The van der Waals surface area contributed by atoms with Gasteiger partial charge in [-0.2, -0.15) is 0 Å². The highest BCUT2D eigenvalue weighted by Crippen LogP contribution is 2.41. The van der Waals surface area contributed by atoms with Crippen LogP contribution in [0, 0.1) is 6.92 Å². The Balaban J connectivity index is 2.28. The lowest BCUT2D eigenvalue weighted by Crippen LogP contribution is -2.24. The molecule has 0 saturated heterocycles. The van der Waals surface area contributed by atoms with Crippen LogP contribution in [0.2, 0.25) is 5.02 Å². The minimum atomic E-state index is -0.480. The van der Waals surface area contributed by atoms with Gasteiger partial charge in [0.15, 0.2) is 12.4 Å². The number of halogens is 1. The van der Waals surface area contributed by atoms with Crippen LogP contribution in [0.1, 0.15) is 84.4 Å². The number of phenols is 1. The Morgan fingerprint density at radius 3 is 2.20 bits per heavy atom. The molecule has 0 aromatic heterocycles. The number of anilines is 1. The summed E-state index contributed by atoms with van der Waals surface area (Å²) < 4.78 is 11.2. The van der Waals surface area contributed by atoms with Crippen molar-refractivity contribution in [3.05, 3.63) is 46.0 Å². The van der Waals surface area contributed by atoms with Gasteiger partial charge in [-0.1, -0.05) is 72.2 Å². The van der Waals surface area contributed by atoms with Crippen LogP contribution in [0.5, 0.6) is 17.2 Å². The van der Waals surface area contributed by atoms with Gasteiger partial charge < -0.3 is 19.9 Å². The number of nitrogens with one attached hydrogen (secondary N) is 1. The number of benzene rings is 2. The molecule has 2 aromatic carbocycles. The monoisotopic (exact) mass is 503 g/mol. The first-order valence-corrected chi connectivity index (χ1v) is 12.5. The van der Waals surface area contributed by atoms with Crippen molar-refractivity contribution in [1.82, 2.24) is 0 Å². The molecule has 2 rings (SSSR count). The molecule has 6 nitrogen and oxygen atoms in total. The molecular weight excluding hydrogens is 466 g/mol. The Kier molecular flexibility index (Phi) is 9.23. The molecule has 0 unspecified atom stereocenters. The van der Waals surface area contributed by atoms with Crippen LogP contribution in [0.3, 0.4) is 0 Å². The normalized spacial score (nSPS) is 11.8. The summed E-state index contributed by atoms with van der Waals surface area (Å²) in [6.45, 7) is 16.1. The van der Waals surface area contributed by atoms with Crippen molar-refractivity contribution in [1.29, 1.82) is 0 Å². The zero-order valence-electron chi connectivity index (χ0n) is 22.1. The molecule has 0 aliphatic heterocycles. The second-order valence-corrected chi connectivity index (χ2v) is 10.4. The molecule has 0 bridgehead atoms.